The van der Waals surface area contributed by atoms with Crippen LogP contribution in [0.2, 0.25) is 0 Å². The van der Waals surface area contributed by atoms with E-state index >= 15 is 0 Å². The van der Waals surface area contributed by atoms with E-state index in [0.717, 1.165) is 12.1 Å². The summed E-state index contributed by atoms with van der Waals surface area (Å²) >= 11 is 0. The SMILES string of the molecule is CCC1(C(=O)O)CC(Oc2ncc(-c3ccc(-c4nc5ccc(C(F)(F)F)cc5[nH]4)c(F)c3)cn2)C1. The summed E-state index contributed by atoms with van der Waals surface area (Å²) < 4.78 is 59.5. The number of imidazole rings is 1. The van der Waals surface area contributed by atoms with Crippen molar-refractivity contribution in [2.24, 2.45) is 5.41 Å². The molecule has 36 heavy (non-hydrogen) atoms. The lowest BCUT2D eigenvalue weighted by Gasteiger charge is -2.42. The van der Waals surface area contributed by atoms with Gasteiger partial charge in [0.15, 0.2) is 0 Å². The fourth-order valence-corrected chi connectivity index (χ4v) is 4.39. The van der Waals surface area contributed by atoms with Crippen LogP contribution >= 0.6 is 0 Å². The molecule has 5 rings (SSSR count). The van der Waals surface area contributed by atoms with Crippen LogP contribution in [-0.2, 0) is 11.0 Å². The predicted octanol–water partition coefficient (Wildman–Crippen LogP) is 5.87. The number of carboxylic acids is 1. The van der Waals surface area contributed by atoms with E-state index in [1.165, 1.54) is 30.6 Å². The molecule has 186 valence electrons. The maximum Gasteiger partial charge on any atom is 0.416 e. The van der Waals surface area contributed by atoms with E-state index in [9.17, 15) is 27.5 Å². The quantitative estimate of drug-likeness (QED) is 0.321. The molecule has 1 aliphatic carbocycles. The number of carboxylic acid groups (broad SMARTS) is 1. The average molecular weight is 500 g/mol. The Morgan fingerprint density at radius 3 is 2.47 bits per heavy atom. The zero-order chi connectivity index (χ0) is 25.7. The van der Waals surface area contributed by atoms with Crippen molar-refractivity contribution in [3.8, 4) is 28.5 Å². The number of benzene rings is 2. The zero-order valence-electron chi connectivity index (χ0n) is 18.9. The van der Waals surface area contributed by atoms with Crippen molar-refractivity contribution in [3.63, 3.8) is 0 Å². The number of hydrogen-bond donors (Lipinski definition) is 2. The number of aliphatic carboxylic acids is 1. The minimum atomic E-state index is -4.49. The summed E-state index contributed by atoms with van der Waals surface area (Å²) in [6.45, 7) is 1.83. The molecule has 0 unspecified atom stereocenters. The summed E-state index contributed by atoms with van der Waals surface area (Å²) in [5.74, 6) is -1.35. The third-order valence-electron chi connectivity index (χ3n) is 6.63. The lowest BCUT2D eigenvalue weighted by molar-refractivity contribution is -0.162. The van der Waals surface area contributed by atoms with Crippen LogP contribution in [0.4, 0.5) is 17.6 Å². The Bertz CT molecular complexity index is 1440. The number of nitrogens with one attached hydrogen (secondary N) is 1. The Balaban J connectivity index is 1.31. The molecule has 0 saturated heterocycles. The maximum atomic E-state index is 14.9. The van der Waals surface area contributed by atoms with Crippen LogP contribution in [0.15, 0.2) is 48.8 Å². The number of fused-ring (bicyclic) bond motifs is 1. The number of aromatic amines is 1. The second-order valence-electron chi connectivity index (χ2n) is 8.85. The number of rotatable bonds is 6. The zero-order valence-corrected chi connectivity index (χ0v) is 18.9. The minimum absolute atomic E-state index is 0.104. The molecule has 1 aliphatic rings. The molecular weight excluding hydrogens is 480 g/mol. The van der Waals surface area contributed by atoms with E-state index in [1.54, 1.807) is 6.07 Å². The van der Waals surface area contributed by atoms with Gasteiger partial charge < -0.3 is 14.8 Å². The fourth-order valence-electron chi connectivity index (χ4n) is 4.39. The Labute approximate surface area is 202 Å². The molecule has 7 nitrogen and oxygen atoms in total. The third kappa shape index (κ3) is 4.25. The van der Waals surface area contributed by atoms with E-state index < -0.39 is 28.9 Å². The molecule has 2 aromatic heterocycles. The first-order valence-electron chi connectivity index (χ1n) is 11.2. The summed E-state index contributed by atoms with van der Waals surface area (Å²) in [6.07, 6.45) is -0.539. The van der Waals surface area contributed by atoms with Crippen LogP contribution in [0.25, 0.3) is 33.5 Å². The van der Waals surface area contributed by atoms with Crippen LogP contribution in [-0.4, -0.2) is 37.1 Å². The highest BCUT2D eigenvalue weighted by Crippen LogP contribution is 2.45. The van der Waals surface area contributed by atoms with Gasteiger partial charge >= 0.3 is 18.2 Å². The highest BCUT2D eigenvalue weighted by Gasteiger charge is 2.50. The van der Waals surface area contributed by atoms with E-state index in [4.69, 9.17) is 4.74 Å². The number of H-pyrrole nitrogens is 1. The highest BCUT2D eigenvalue weighted by atomic mass is 19.4. The van der Waals surface area contributed by atoms with Crippen LogP contribution in [0.5, 0.6) is 6.01 Å². The van der Waals surface area contributed by atoms with Crippen LogP contribution in [0, 0.1) is 11.2 Å². The van der Waals surface area contributed by atoms with E-state index in [0.29, 0.717) is 30.4 Å². The Kier molecular flexibility index (Phi) is 5.65. The average Bonchev–Trinajstić information content (AvgIpc) is 3.24. The van der Waals surface area contributed by atoms with Gasteiger partial charge in [-0.05, 0) is 42.3 Å². The predicted molar refractivity (Wildman–Crippen MR) is 122 cm³/mol. The number of alkyl halides is 3. The Hall–Kier alpha value is -4.02. The number of ether oxygens (including phenoxy) is 1. The van der Waals surface area contributed by atoms with Gasteiger partial charge in [0.05, 0.1) is 27.6 Å². The van der Waals surface area contributed by atoms with Gasteiger partial charge in [0, 0.05) is 30.8 Å². The van der Waals surface area contributed by atoms with Crippen LogP contribution in [0.1, 0.15) is 31.7 Å². The van der Waals surface area contributed by atoms with Crippen molar-refractivity contribution in [2.75, 3.05) is 0 Å². The Morgan fingerprint density at radius 1 is 1.14 bits per heavy atom. The van der Waals surface area contributed by atoms with Crippen molar-refractivity contribution in [1.29, 1.82) is 0 Å². The third-order valence-corrected chi connectivity index (χ3v) is 6.63. The first-order valence-corrected chi connectivity index (χ1v) is 11.2. The number of halogens is 4. The summed E-state index contributed by atoms with van der Waals surface area (Å²) in [6, 6.07) is 7.57. The molecule has 0 bridgehead atoms. The molecule has 4 aromatic rings. The molecule has 0 atom stereocenters. The van der Waals surface area contributed by atoms with Gasteiger partial charge in [0.25, 0.3) is 0 Å². The molecule has 1 saturated carbocycles. The molecule has 0 amide bonds. The number of aromatic nitrogens is 4. The van der Waals surface area contributed by atoms with Gasteiger partial charge in [0.1, 0.15) is 17.7 Å². The van der Waals surface area contributed by atoms with Gasteiger partial charge in [0.2, 0.25) is 0 Å². The number of hydrogen-bond acceptors (Lipinski definition) is 5. The van der Waals surface area contributed by atoms with E-state index in [-0.39, 0.29) is 34.5 Å². The maximum absolute atomic E-state index is 14.9. The van der Waals surface area contributed by atoms with Crippen molar-refractivity contribution in [1.82, 2.24) is 19.9 Å². The summed E-state index contributed by atoms with van der Waals surface area (Å²) in [5, 5.41) is 9.36. The van der Waals surface area contributed by atoms with Gasteiger partial charge in [-0.3, -0.25) is 4.79 Å². The standard InChI is InChI=1S/C25H20F4N4O3/c1-2-24(22(34)35)9-16(10-24)36-23-30-11-14(12-31-23)13-3-5-17(18(26)7-13)21-32-19-6-4-15(25(27,28)29)8-20(19)33-21/h3-8,11-12,16H,2,9-10H2,1H3,(H,32,33)(H,34,35). The summed E-state index contributed by atoms with van der Waals surface area (Å²) in [4.78, 5) is 26.7. The first kappa shape index (κ1) is 23.7. The molecule has 1 fully saturated rings. The molecule has 0 radical (unpaired) electrons. The summed E-state index contributed by atoms with van der Waals surface area (Å²) in [5.41, 5.74) is -0.0315. The molecule has 0 spiro atoms. The van der Waals surface area contributed by atoms with E-state index in [2.05, 4.69) is 19.9 Å². The van der Waals surface area contributed by atoms with Gasteiger partial charge in [-0.1, -0.05) is 13.0 Å². The van der Waals surface area contributed by atoms with Gasteiger partial charge in [-0.15, -0.1) is 0 Å². The van der Waals surface area contributed by atoms with Crippen LogP contribution in [0.3, 0.4) is 0 Å². The lowest BCUT2D eigenvalue weighted by Crippen LogP contribution is -2.49. The smallest absolute Gasteiger partial charge is 0.416 e. The second kappa shape index (κ2) is 8.58. The van der Waals surface area contributed by atoms with Crippen molar-refractivity contribution in [3.05, 3.63) is 60.2 Å². The second-order valence-corrected chi connectivity index (χ2v) is 8.85. The molecule has 0 aliphatic heterocycles. The highest BCUT2D eigenvalue weighted by molar-refractivity contribution is 5.81. The molecule has 11 heteroatoms. The number of carbonyl (C=O) groups is 1. The van der Waals surface area contributed by atoms with Gasteiger partial charge in [-0.2, -0.15) is 13.2 Å². The van der Waals surface area contributed by atoms with Crippen molar-refractivity contribution < 1.29 is 32.2 Å². The molecule has 2 N–H and O–H groups in total. The minimum Gasteiger partial charge on any atom is -0.481 e. The van der Waals surface area contributed by atoms with E-state index in [1.807, 2.05) is 6.92 Å². The normalized spacial score (nSPS) is 19.8. The Morgan fingerprint density at radius 2 is 1.86 bits per heavy atom. The van der Waals surface area contributed by atoms with Gasteiger partial charge in [-0.25, -0.2) is 19.3 Å². The van der Waals surface area contributed by atoms with Crippen molar-refractivity contribution >= 4 is 17.0 Å². The first-order chi connectivity index (χ1) is 17.1. The molecule has 2 heterocycles. The largest absolute Gasteiger partial charge is 0.481 e. The monoisotopic (exact) mass is 500 g/mol. The molecule has 2 aromatic carbocycles. The molecular formula is C25H20F4N4O3. The van der Waals surface area contributed by atoms with Crippen molar-refractivity contribution in [2.45, 2.75) is 38.5 Å². The lowest BCUT2D eigenvalue weighted by atomic mass is 9.65. The number of nitrogens with zero attached hydrogens (tertiary/aromatic N) is 3. The summed E-state index contributed by atoms with van der Waals surface area (Å²) in [7, 11) is 0. The topological polar surface area (TPSA) is 101 Å². The fraction of sp³-hybridized carbons (Fsp3) is 0.280. The van der Waals surface area contributed by atoms with Crippen LogP contribution < -0.4 is 4.74 Å².